The Morgan fingerprint density at radius 3 is 2.16 bits per heavy atom. The van der Waals surface area contributed by atoms with E-state index in [1.54, 1.807) is 43.5 Å². The normalized spacial score (nSPS) is 11.2. The highest BCUT2D eigenvalue weighted by atomic mass is 16.5. The first kappa shape index (κ1) is 21.4. The molecule has 2 N–H and O–H groups in total. The van der Waals surface area contributed by atoms with E-state index in [4.69, 9.17) is 4.74 Å². The summed E-state index contributed by atoms with van der Waals surface area (Å²) in [6.07, 6.45) is 1.34. The zero-order valence-electron chi connectivity index (χ0n) is 17.2. The largest absolute Gasteiger partial charge is 0.495 e. The Balaban J connectivity index is 1.87. The molecule has 31 heavy (non-hydrogen) atoms. The summed E-state index contributed by atoms with van der Waals surface area (Å²) in [4.78, 5) is 24.5. The first-order chi connectivity index (χ1) is 15.1. The number of nitrogens with one attached hydrogen (secondary N) is 2. The molecule has 156 valence electrons. The van der Waals surface area contributed by atoms with Crippen LogP contribution in [0.25, 0.3) is 0 Å². The molecule has 0 aromatic heterocycles. The van der Waals surface area contributed by atoms with Crippen LogP contribution in [0.2, 0.25) is 0 Å². The van der Waals surface area contributed by atoms with Crippen LogP contribution in [0.3, 0.4) is 0 Å². The molecule has 0 atom stereocenters. The average molecular weight is 414 g/mol. The maximum Gasteiger partial charge on any atom is 0.214 e. The van der Waals surface area contributed by atoms with Gasteiger partial charge in [0.25, 0.3) is 0 Å². The van der Waals surface area contributed by atoms with Gasteiger partial charge < -0.3 is 4.74 Å². The van der Waals surface area contributed by atoms with Crippen LogP contribution in [-0.4, -0.2) is 30.6 Å². The number of hydrogen-bond donors (Lipinski definition) is 2. The molecule has 7 heteroatoms. The van der Waals surface area contributed by atoms with E-state index in [2.05, 4.69) is 21.1 Å². The van der Waals surface area contributed by atoms with Crippen LogP contribution in [0.5, 0.6) is 5.75 Å². The molecule has 0 aliphatic carbocycles. The SMILES string of the molecule is COc1ccccc1N/N=C(\C=N\Nc1ccccc1)C(=O)c1ccc(C(C)=O)cc1. The van der Waals surface area contributed by atoms with E-state index in [0.717, 1.165) is 5.69 Å². The van der Waals surface area contributed by atoms with E-state index in [-0.39, 0.29) is 17.3 Å². The Kier molecular flexibility index (Phi) is 7.26. The van der Waals surface area contributed by atoms with Gasteiger partial charge in [0.05, 0.1) is 24.7 Å². The Morgan fingerprint density at radius 1 is 0.839 bits per heavy atom. The lowest BCUT2D eigenvalue weighted by Gasteiger charge is -2.08. The Morgan fingerprint density at radius 2 is 1.48 bits per heavy atom. The molecule has 3 rings (SSSR count). The van der Waals surface area contributed by atoms with Gasteiger partial charge >= 0.3 is 0 Å². The standard InChI is InChI=1S/C24H22N4O3/c1-17(29)18-12-14-19(15-13-18)24(30)22(16-25-26-20-8-4-3-5-9-20)28-27-21-10-6-7-11-23(21)31-2/h3-16,26-27H,1-2H3/b25-16+,28-22+. The van der Waals surface area contributed by atoms with Gasteiger partial charge in [-0.25, -0.2) is 0 Å². The lowest BCUT2D eigenvalue weighted by molar-refractivity contribution is 0.101. The van der Waals surface area contributed by atoms with Crippen LogP contribution in [-0.2, 0) is 0 Å². The van der Waals surface area contributed by atoms with E-state index in [1.165, 1.54) is 13.1 Å². The number of ether oxygens (including phenoxy) is 1. The Bertz CT molecular complexity index is 1110. The second-order valence-electron chi connectivity index (χ2n) is 6.51. The predicted molar refractivity (Wildman–Crippen MR) is 123 cm³/mol. The fraction of sp³-hybridized carbons (Fsp3) is 0.0833. The number of anilines is 2. The molecule has 0 bridgehead atoms. The summed E-state index contributed by atoms with van der Waals surface area (Å²) in [6.45, 7) is 1.47. The molecular formula is C24H22N4O3. The number of carbonyl (C=O) groups excluding carboxylic acids is 2. The smallest absolute Gasteiger partial charge is 0.214 e. The van der Waals surface area contributed by atoms with E-state index in [9.17, 15) is 9.59 Å². The van der Waals surface area contributed by atoms with E-state index >= 15 is 0 Å². The van der Waals surface area contributed by atoms with Gasteiger partial charge in [0.1, 0.15) is 5.75 Å². The number of methoxy groups -OCH3 is 1. The Hall–Kier alpha value is -4.26. The van der Waals surface area contributed by atoms with E-state index in [0.29, 0.717) is 22.6 Å². The van der Waals surface area contributed by atoms with Crippen LogP contribution in [0, 0.1) is 0 Å². The number of Topliss-reactive ketones (excluding diaryl/α,β-unsaturated/α-hetero) is 2. The summed E-state index contributed by atoms with van der Waals surface area (Å²) in [5, 5.41) is 8.39. The number of hydrazone groups is 2. The van der Waals surface area contributed by atoms with Gasteiger partial charge in [0.2, 0.25) is 5.78 Å². The number of nitrogens with zero attached hydrogens (tertiary/aromatic N) is 2. The molecule has 0 amide bonds. The summed E-state index contributed by atoms with van der Waals surface area (Å²) >= 11 is 0. The van der Waals surface area contributed by atoms with E-state index < -0.39 is 0 Å². The third kappa shape index (κ3) is 5.86. The topological polar surface area (TPSA) is 92.2 Å². The highest BCUT2D eigenvalue weighted by molar-refractivity contribution is 6.64. The molecule has 0 saturated carbocycles. The van der Waals surface area contributed by atoms with Crippen LogP contribution >= 0.6 is 0 Å². The number of hydrogen-bond acceptors (Lipinski definition) is 7. The third-order valence-corrected chi connectivity index (χ3v) is 4.34. The van der Waals surface area contributed by atoms with Gasteiger partial charge in [-0.3, -0.25) is 20.4 Å². The number of benzene rings is 3. The molecule has 0 fully saturated rings. The number of carbonyl (C=O) groups is 2. The van der Waals surface area contributed by atoms with Crippen molar-refractivity contribution in [2.45, 2.75) is 6.92 Å². The van der Waals surface area contributed by atoms with Gasteiger partial charge in [-0.05, 0) is 31.2 Å². The third-order valence-electron chi connectivity index (χ3n) is 4.34. The van der Waals surface area contributed by atoms with Crippen LogP contribution in [0.4, 0.5) is 11.4 Å². The zero-order chi connectivity index (χ0) is 22.1. The van der Waals surface area contributed by atoms with Gasteiger partial charge in [0.15, 0.2) is 11.5 Å². The van der Waals surface area contributed by atoms with E-state index in [1.807, 2.05) is 42.5 Å². The maximum absolute atomic E-state index is 13.0. The predicted octanol–water partition coefficient (Wildman–Crippen LogP) is 4.65. The summed E-state index contributed by atoms with van der Waals surface area (Å²) in [6, 6.07) is 23.0. The van der Waals surface area contributed by atoms with Crippen molar-refractivity contribution in [2.24, 2.45) is 10.2 Å². The van der Waals surface area contributed by atoms with Crippen molar-refractivity contribution < 1.29 is 14.3 Å². The highest BCUT2D eigenvalue weighted by Crippen LogP contribution is 2.23. The first-order valence-electron chi connectivity index (χ1n) is 9.55. The minimum Gasteiger partial charge on any atom is -0.495 e. The van der Waals surface area contributed by atoms with Crippen molar-refractivity contribution in [3.05, 3.63) is 90.0 Å². The molecule has 0 saturated heterocycles. The molecular weight excluding hydrogens is 392 g/mol. The molecule has 7 nitrogen and oxygen atoms in total. The molecule has 0 aliphatic rings. The molecule has 0 heterocycles. The molecule has 0 unspecified atom stereocenters. The van der Waals surface area contributed by atoms with Gasteiger partial charge in [-0.15, -0.1) is 0 Å². The van der Waals surface area contributed by atoms with Gasteiger partial charge in [0, 0.05) is 11.1 Å². The maximum atomic E-state index is 13.0. The van der Waals surface area contributed by atoms with Crippen molar-refractivity contribution in [2.75, 3.05) is 18.0 Å². The quantitative estimate of drug-likeness (QED) is 0.302. The summed E-state index contributed by atoms with van der Waals surface area (Å²) < 4.78 is 5.30. The lowest BCUT2D eigenvalue weighted by Crippen LogP contribution is -2.18. The Labute approximate surface area is 180 Å². The molecule has 3 aromatic carbocycles. The van der Waals surface area contributed by atoms with Crippen LogP contribution in [0.15, 0.2) is 89.1 Å². The zero-order valence-corrected chi connectivity index (χ0v) is 17.2. The van der Waals surface area contributed by atoms with Crippen molar-refractivity contribution >= 4 is 34.9 Å². The van der Waals surface area contributed by atoms with Crippen LogP contribution < -0.4 is 15.6 Å². The number of ketones is 2. The number of rotatable bonds is 9. The summed E-state index contributed by atoms with van der Waals surface area (Å²) in [5.74, 6) is 0.165. The van der Waals surface area contributed by atoms with Crippen LogP contribution in [0.1, 0.15) is 27.6 Å². The monoisotopic (exact) mass is 414 g/mol. The summed E-state index contributed by atoms with van der Waals surface area (Å²) in [7, 11) is 1.55. The lowest BCUT2D eigenvalue weighted by atomic mass is 10.0. The highest BCUT2D eigenvalue weighted by Gasteiger charge is 2.14. The van der Waals surface area contributed by atoms with Crippen molar-refractivity contribution in [1.29, 1.82) is 0 Å². The van der Waals surface area contributed by atoms with Crippen molar-refractivity contribution in [3.63, 3.8) is 0 Å². The fourth-order valence-corrected chi connectivity index (χ4v) is 2.68. The van der Waals surface area contributed by atoms with Crippen molar-refractivity contribution in [3.8, 4) is 5.75 Å². The molecule has 3 aromatic rings. The second kappa shape index (κ2) is 10.5. The average Bonchev–Trinajstić information content (AvgIpc) is 2.81. The first-order valence-corrected chi connectivity index (χ1v) is 9.55. The van der Waals surface area contributed by atoms with Gasteiger partial charge in [-0.1, -0.05) is 54.6 Å². The minimum atomic E-state index is -0.351. The molecule has 0 spiro atoms. The second-order valence-corrected chi connectivity index (χ2v) is 6.51. The summed E-state index contributed by atoms with van der Waals surface area (Å²) in [5.41, 5.74) is 8.09. The van der Waals surface area contributed by atoms with Crippen molar-refractivity contribution in [1.82, 2.24) is 0 Å². The molecule has 0 radical (unpaired) electrons. The minimum absolute atomic E-state index is 0.0700. The fourth-order valence-electron chi connectivity index (χ4n) is 2.68. The number of para-hydroxylation sites is 3. The molecule has 0 aliphatic heterocycles. The van der Waals surface area contributed by atoms with Gasteiger partial charge in [-0.2, -0.15) is 10.2 Å².